The maximum absolute atomic E-state index is 12.1. The number of benzene rings is 1. The molecule has 2 rings (SSSR count). The van der Waals surface area contributed by atoms with Gasteiger partial charge in [-0.05, 0) is 30.5 Å². The highest BCUT2D eigenvalue weighted by Gasteiger charge is 2.15. The molecule has 0 aliphatic heterocycles. The summed E-state index contributed by atoms with van der Waals surface area (Å²) in [6.07, 6.45) is 0.754. The maximum Gasteiger partial charge on any atom is 0.265 e. The zero-order chi connectivity index (χ0) is 15.2. The quantitative estimate of drug-likeness (QED) is 0.862. The van der Waals surface area contributed by atoms with Crippen LogP contribution in [0.3, 0.4) is 0 Å². The van der Waals surface area contributed by atoms with Crippen LogP contribution in [-0.4, -0.2) is 24.7 Å². The Morgan fingerprint density at radius 2 is 1.95 bits per heavy atom. The molecule has 0 radical (unpaired) electrons. The lowest BCUT2D eigenvalue weighted by atomic mass is 10.1. The van der Waals surface area contributed by atoms with Crippen LogP contribution in [0.4, 0.5) is 0 Å². The van der Waals surface area contributed by atoms with Crippen molar-refractivity contribution >= 4 is 17.2 Å². The molecule has 0 saturated carbocycles. The number of carbonyl (C=O) groups excluding carboxylic acids is 1. The van der Waals surface area contributed by atoms with Crippen LogP contribution in [0.15, 0.2) is 30.3 Å². The van der Waals surface area contributed by atoms with Crippen molar-refractivity contribution in [3.8, 4) is 5.75 Å². The predicted octanol–water partition coefficient (Wildman–Crippen LogP) is 2.53. The van der Waals surface area contributed by atoms with Gasteiger partial charge in [0.25, 0.3) is 5.91 Å². The Hall–Kier alpha value is -1.85. The zero-order valence-corrected chi connectivity index (χ0v) is 13.0. The second-order valence-corrected chi connectivity index (χ2v) is 5.99. The first-order valence-electron chi connectivity index (χ1n) is 6.75. The zero-order valence-electron chi connectivity index (χ0n) is 12.2. The minimum Gasteiger partial charge on any atom is -0.495 e. The molecule has 1 heterocycles. The largest absolute Gasteiger partial charge is 0.495 e. The average molecular weight is 305 g/mol. The summed E-state index contributed by atoms with van der Waals surface area (Å²) in [6.45, 7) is 2.57. The summed E-state index contributed by atoms with van der Waals surface area (Å²) in [5.41, 5.74) is 2.02. The topological polar surface area (TPSA) is 58.6 Å². The molecule has 0 fully saturated rings. The molecule has 21 heavy (non-hydrogen) atoms. The monoisotopic (exact) mass is 305 g/mol. The highest BCUT2D eigenvalue weighted by Crippen LogP contribution is 2.28. The number of aliphatic hydroxyl groups excluding tert-OH is 1. The smallest absolute Gasteiger partial charge is 0.265 e. The summed E-state index contributed by atoms with van der Waals surface area (Å²) in [5, 5.41) is 11.9. The van der Waals surface area contributed by atoms with Crippen molar-refractivity contribution in [2.24, 2.45) is 0 Å². The van der Waals surface area contributed by atoms with E-state index in [9.17, 15) is 4.79 Å². The first-order valence-corrected chi connectivity index (χ1v) is 7.57. The molecule has 0 bridgehead atoms. The molecule has 1 amide bonds. The Bertz CT molecular complexity index is 604. The van der Waals surface area contributed by atoms with Crippen molar-refractivity contribution < 1.29 is 14.6 Å². The third kappa shape index (κ3) is 4.06. The van der Waals surface area contributed by atoms with Gasteiger partial charge in [0.2, 0.25) is 0 Å². The number of ether oxygens (including phenoxy) is 1. The van der Waals surface area contributed by atoms with Gasteiger partial charge in [0.1, 0.15) is 10.6 Å². The molecular weight excluding hydrogens is 286 g/mol. The summed E-state index contributed by atoms with van der Waals surface area (Å²) in [7, 11) is 1.57. The molecule has 1 aromatic heterocycles. The van der Waals surface area contributed by atoms with Crippen LogP contribution in [-0.2, 0) is 13.0 Å². The SMILES string of the molecule is COc1cc(C)sc1C(=O)NCCc1ccc(CO)cc1. The number of hydrogen-bond donors (Lipinski definition) is 2. The minimum absolute atomic E-state index is 0.0501. The third-order valence-electron chi connectivity index (χ3n) is 3.15. The van der Waals surface area contributed by atoms with Gasteiger partial charge in [0, 0.05) is 11.4 Å². The van der Waals surface area contributed by atoms with E-state index in [4.69, 9.17) is 9.84 Å². The summed E-state index contributed by atoms with van der Waals surface area (Å²) in [4.78, 5) is 13.8. The van der Waals surface area contributed by atoms with Gasteiger partial charge < -0.3 is 15.2 Å². The fraction of sp³-hybridized carbons (Fsp3) is 0.312. The second kappa shape index (κ2) is 7.24. The highest BCUT2D eigenvalue weighted by molar-refractivity contribution is 7.14. The van der Waals surface area contributed by atoms with Crippen molar-refractivity contribution in [2.45, 2.75) is 20.0 Å². The number of carbonyl (C=O) groups is 1. The van der Waals surface area contributed by atoms with Crippen LogP contribution < -0.4 is 10.1 Å². The van der Waals surface area contributed by atoms with Gasteiger partial charge in [0.05, 0.1) is 13.7 Å². The normalized spacial score (nSPS) is 10.4. The lowest BCUT2D eigenvalue weighted by Crippen LogP contribution is -2.25. The Morgan fingerprint density at radius 3 is 2.57 bits per heavy atom. The van der Waals surface area contributed by atoms with Crippen LogP contribution >= 0.6 is 11.3 Å². The molecule has 4 nitrogen and oxygen atoms in total. The fourth-order valence-corrected chi connectivity index (χ4v) is 2.91. The lowest BCUT2D eigenvalue weighted by Gasteiger charge is -2.06. The Balaban J connectivity index is 1.88. The van der Waals surface area contributed by atoms with E-state index in [1.165, 1.54) is 11.3 Å². The standard InChI is InChI=1S/C16H19NO3S/c1-11-9-14(20-2)15(21-11)16(19)17-8-7-12-3-5-13(10-18)6-4-12/h3-6,9,18H,7-8,10H2,1-2H3,(H,17,19). The molecule has 0 spiro atoms. The highest BCUT2D eigenvalue weighted by atomic mass is 32.1. The van der Waals surface area contributed by atoms with E-state index >= 15 is 0 Å². The van der Waals surface area contributed by atoms with E-state index in [2.05, 4.69) is 5.32 Å². The van der Waals surface area contributed by atoms with Crippen LogP contribution in [0, 0.1) is 6.92 Å². The second-order valence-electron chi connectivity index (χ2n) is 4.74. The number of nitrogens with one attached hydrogen (secondary N) is 1. The maximum atomic E-state index is 12.1. The van der Waals surface area contributed by atoms with Gasteiger partial charge in [-0.3, -0.25) is 4.79 Å². The fourth-order valence-electron chi connectivity index (χ4n) is 2.01. The summed E-state index contributed by atoms with van der Waals surface area (Å²) < 4.78 is 5.20. The average Bonchev–Trinajstić information content (AvgIpc) is 2.89. The van der Waals surface area contributed by atoms with Crippen molar-refractivity contribution in [3.05, 3.63) is 51.2 Å². The summed E-state index contributed by atoms with van der Waals surface area (Å²) in [6, 6.07) is 9.58. The predicted molar refractivity (Wildman–Crippen MR) is 84.0 cm³/mol. The van der Waals surface area contributed by atoms with Crippen molar-refractivity contribution in [1.29, 1.82) is 0 Å². The number of aliphatic hydroxyl groups is 1. The number of aryl methyl sites for hydroxylation is 1. The van der Waals surface area contributed by atoms with Gasteiger partial charge in [-0.2, -0.15) is 0 Å². The van der Waals surface area contributed by atoms with Gasteiger partial charge in [0.15, 0.2) is 0 Å². The molecule has 2 aromatic rings. The first kappa shape index (κ1) is 15.5. The van der Waals surface area contributed by atoms with Gasteiger partial charge in [-0.15, -0.1) is 11.3 Å². The Morgan fingerprint density at radius 1 is 1.29 bits per heavy atom. The molecule has 0 aliphatic carbocycles. The van der Waals surface area contributed by atoms with E-state index in [1.807, 2.05) is 37.3 Å². The molecule has 2 N–H and O–H groups in total. The lowest BCUT2D eigenvalue weighted by molar-refractivity contribution is 0.0955. The van der Waals surface area contributed by atoms with E-state index in [-0.39, 0.29) is 12.5 Å². The molecule has 0 atom stereocenters. The minimum atomic E-state index is -0.100. The molecule has 1 aromatic carbocycles. The molecular formula is C16H19NO3S. The first-order chi connectivity index (χ1) is 10.1. The van der Waals surface area contributed by atoms with Crippen molar-refractivity contribution in [2.75, 3.05) is 13.7 Å². The summed E-state index contributed by atoms with van der Waals surface area (Å²) in [5.74, 6) is 0.527. The number of rotatable bonds is 6. The van der Waals surface area contributed by atoms with Crippen LogP contribution in [0.25, 0.3) is 0 Å². The van der Waals surface area contributed by atoms with Crippen molar-refractivity contribution in [3.63, 3.8) is 0 Å². The number of amides is 1. The number of hydrogen-bond acceptors (Lipinski definition) is 4. The molecule has 112 valence electrons. The van der Waals surface area contributed by atoms with Gasteiger partial charge >= 0.3 is 0 Å². The Labute approximate surface area is 128 Å². The third-order valence-corrected chi connectivity index (χ3v) is 4.18. The Kier molecular flexibility index (Phi) is 5.36. The molecule has 0 aliphatic rings. The number of thiophene rings is 1. The summed E-state index contributed by atoms with van der Waals surface area (Å²) >= 11 is 1.43. The van der Waals surface area contributed by atoms with Crippen LogP contribution in [0.5, 0.6) is 5.75 Å². The van der Waals surface area contributed by atoms with Crippen molar-refractivity contribution in [1.82, 2.24) is 5.32 Å². The van der Waals surface area contributed by atoms with E-state index < -0.39 is 0 Å². The molecule has 0 saturated heterocycles. The molecule has 5 heteroatoms. The molecule has 0 unspecified atom stereocenters. The van der Waals surface area contributed by atoms with Crippen LogP contribution in [0.1, 0.15) is 25.7 Å². The van der Waals surface area contributed by atoms with Gasteiger partial charge in [-0.25, -0.2) is 0 Å². The van der Waals surface area contributed by atoms with E-state index in [0.717, 1.165) is 22.4 Å². The van der Waals surface area contributed by atoms with E-state index in [1.54, 1.807) is 7.11 Å². The number of methoxy groups -OCH3 is 1. The van der Waals surface area contributed by atoms with Gasteiger partial charge in [-0.1, -0.05) is 24.3 Å². The van der Waals surface area contributed by atoms with E-state index in [0.29, 0.717) is 17.2 Å². The van der Waals surface area contributed by atoms with Crippen LogP contribution in [0.2, 0.25) is 0 Å².